The Bertz CT molecular complexity index is 1230. The van der Waals surface area contributed by atoms with Gasteiger partial charge in [0.1, 0.15) is 17.8 Å². The zero-order chi connectivity index (χ0) is 20.7. The number of carbonyl (C=O) groups is 1. The van der Waals surface area contributed by atoms with E-state index in [0.29, 0.717) is 36.6 Å². The van der Waals surface area contributed by atoms with E-state index in [1.807, 2.05) is 46.6 Å². The lowest BCUT2D eigenvalue weighted by atomic mass is 10.0. The van der Waals surface area contributed by atoms with Gasteiger partial charge in [-0.3, -0.25) is 14.0 Å². The Balaban J connectivity index is 1.52. The first-order chi connectivity index (χ1) is 14.6. The van der Waals surface area contributed by atoms with Crippen LogP contribution in [0.1, 0.15) is 21.6 Å². The minimum absolute atomic E-state index is 0.195. The Kier molecular flexibility index (Phi) is 4.39. The summed E-state index contributed by atoms with van der Waals surface area (Å²) in [6.45, 7) is 0.933. The van der Waals surface area contributed by atoms with Gasteiger partial charge < -0.3 is 4.90 Å². The van der Waals surface area contributed by atoms with Crippen LogP contribution in [0.2, 0.25) is 0 Å². The molecule has 0 saturated carbocycles. The summed E-state index contributed by atoms with van der Waals surface area (Å²) in [5.74, 6) is 0.00848. The molecule has 1 aliphatic rings. The number of rotatable bonds is 3. The van der Waals surface area contributed by atoms with Crippen molar-refractivity contribution in [1.82, 2.24) is 29.4 Å². The van der Waals surface area contributed by atoms with Crippen molar-refractivity contribution in [3.8, 4) is 17.2 Å². The molecular formula is C22H19FN6O. The van der Waals surface area contributed by atoms with Gasteiger partial charge in [-0.1, -0.05) is 24.3 Å². The fourth-order valence-electron chi connectivity index (χ4n) is 3.92. The Labute approximate surface area is 172 Å². The lowest BCUT2D eigenvalue weighted by Gasteiger charge is -2.27. The number of para-hydroxylation sites is 1. The van der Waals surface area contributed by atoms with Gasteiger partial charge in [0.2, 0.25) is 0 Å². The molecular weight excluding hydrogens is 383 g/mol. The second kappa shape index (κ2) is 7.22. The van der Waals surface area contributed by atoms with Gasteiger partial charge in [0.25, 0.3) is 5.91 Å². The molecule has 0 atom stereocenters. The summed E-state index contributed by atoms with van der Waals surface area (Å²) in [7, 11) is 1.90. The highest BCUT2D eigenvalue weighted by atomic mass is 19.1. The Morgan fingerprint density at radius 1 is 1.10 bits per heavy atom. The monoisotopic (exact) mass is 402 g/mol. The molecule has 1 aliphatic heterocycles. The Morgan fingerprint density at radius 2 is 1.93 bits per heavy atom. The first-order valence-electron chi connectivity index (χ1n) is 9.67. The molecule has 0 bridgehead atoms. The van der Waals surface area contributed by atoms with Crippen LogP contribution in [0.5, 0.6) is 0 Å². The molecule has 5 rings (SSSR count). The molecule has 0 N–H and O–H groups in total. The third-order valence-electron chi connectivity index (χ3n) is 5.40. The van der Waals surface area contributed by atoms with Crippen molar-refractivity contribution in [2.24, 2.45) is 7.05 Å². The fraction of sp³-hybridized carbons (Fsp3) is 0.182. The number of hydrogen-bond donors (Lipinski definition) is 0. The molecule has 0 radical (unpaired) electrons. The first kappa shape index (κ1) is 18.2. The van der Waals surface area contributed by atoms with E-state index in [2.05, 4.69) is 10.2 Å². The normalized spacial score (nSPS) is 13.3. The zero-order valence-electron chi connectivity index (χ0n) is 16.4. The summed E-state index contributed by atoms with van der Waals surface area (Å²) in [6.07, 6.45) is 2.32. The summed E-state index contributed by atoms with van der Waals surface area (Å²) in [6, 6.07) is 15.6. The number of aryl methyl sites for hydroxylation is 1. The van der Waals surface area contributed by atoms with Gasteiger partial charge in [0, 0.05) is 42.5 Å². The van der Waals surface area contributed by atoms with Crippen LogP contribution in [0.25, 0.3) is 17.2 Å². The maximum absolute atomic E-state index is 13.6. The van der Waals surface area contributed by atoms with Crippen LogP contribution in [0.3, 0.4) is 0 Å². The first-order valence-corrected chi connectivity index (χ1v) is 9.67. The van der Waals surface area contributed by atoms with Gasteiger partial charge in [-0.25, -0.2) is 4.39 Å². The third-order valence-corrected chi connectivity index (χ3v) is 5.40. The van der Waals surface area contributed by atoms with Crippen molar-refractivity contribution >= 4 is 5.91 Å². The number of amides is 1. The molecule has 7 nitrogen and oxygen atoms in total. The highest BCUT2D eigenvalue weighted by Gasteiger charge is 2.29. The minimum atomic E-state index is -0.420. The van der Waals surface area contributed by atoms with E-state index in [0.717, 1.165) is 16.9 Å². The number of carbonyl (C=O) groups excluding carboxylic acids is 1. The quantitative estimate of drug-likeness (QED) is 0.528. The fourth-order valence-corrected chi connectivity index (χ4v) is 3.92. The van der Waals surface area contributed by atoms with Gasteiger partial charge in [-0.15, -0.1) is 10.2 Å². The number of fused-ring (bicyclic) bond motifs is 1. The molecule has 8 heteroatoms. The molecule has 0 unspecified atom stereocenters. The number of nitrogens with zero attached hydrogens (tertiary/aromatic N) is 6. The van der Waals surface area contributed by atoms with Crippen molar-refractivity contribution in [3.05, 3.63) is 83.6 Å². The predicted octanol–water partition coefficient (Wildman–Crippen LogP) is 3.01. The SMILES string of the molecule is Cn1nc(-c2nncn2-c2ccccc2)c2c1CCN(C(=O)c1cccc(F)c1)C2. The van der Waals surface area contributed by atoms with E-state index in [9.17, 15) is 9.18 Å². The maximum Gasteiger partial charge on any atom is 0.254 e. The predicted molar refractivity (Wildman–Crippen MR) is 108 cm³/mol. The van der Waals surface area contributed by atoms with Crippen molar-refractivity contribution < 1.29 is 9.18 Å². The largest absolute Gasteiger partial charge is 0.334 e. The van der Waals surface area contributed by atoms with Crippen LogP contribution in [-0.4, -0.2) is 41.9 Å². The summed E-state index contributed by atoms with van der Waals surface area (Å²) >= 11 is 0. The van der Waals surface area contributed by atoms with Crippen LogP contribution < -0.4 is 0 Å². The number of hydrogen-bond acceptors (Lipinski definition) is 4. The second-order valence-corrected chi connectivity index (χ2v) is 7.24. The molecule has 0 spiro atoms. The van der Waals surface area contributed by atoms with Gasteiger partial charge in [-0.2, -0.15) is 5.10 Å². The molecule has 30 heavy (non-hydrogen) atoms. The van der Waals surface area contributed by atoms with Crippen LogP contribution in [0.15, 0.2) is 60.9 Å². The third kappa shape index (κ3) is 3.06. The molecule has 150 valence electrons. The minimum Gasteiger partial charge on any atom is -0.334 e. The molecule has 0 aliphatic carbocycles. The average molecular weight is 402 g/mol. The van der Waals surface area contributed by atoms with Crippen molar-refractivity contribution in [3.63, 3.8) is 0 Å². The summed E-state index contributed by atoms with van der Waals surface area (Å²) in [5.41, 5.74) is 3.98. The summed E-state index contributed by atoms with van der Waals surface area (Å²) in [4.78, 5) is 14.7. The summed E-state index contributed by atoms with van der Waals surface area (Å²) in [5, 5.41) is 13.1. The molecule has 0 saturated heterocycles. The highest BCUT2D eigenvalue weighted by Crippen LogP contribution is 2.30. The molecule has 0 fully saturated rings. The maximum atomic E-state index is 13.6. The molecule has 2 aromatic carbocycles. The number of aromatic nitrogens is 5. The number of benzene rings is 2. The molecule has 4 aromatic rings. The van der Waals surface area contributed by atoms with Crippen molar-refractivity contribution in [1.29, 1.82) is 0 Å². The van der Waals surface area contributed by atoms with Crippen LogP contribution in [-0.2, 0) is 20.0 Å². The lowest BCUT2D eigenvalue weighted by molar-refractivity contribution is 0.0733. The highest BCUT2D eigenvalue weighted by molar-refractivity contribution is 5.94. The van der Waals surface area contributed by atoms with Gasteiger partial charge in [0.05, 0.1) is 6.54 Å². The smallest absolute Gasteiger partial charge is 0.254 e. The standard InChI is InChI=1S/C22H19FN6O/c1-27-19-10-11-28(22(30)15-6-5-7-16(23)12-15)13-18(19)20(26-27)21-25-24-14-29(21)17-8-3-2-4-9-17/h2-9,12,14H,10-11,13H2,1H3. The molecule has 2 aromatic heterocycles. The number of halogens is 1. The topological polar surface area (TPSA) is 68.8 Å². The Morgan fingerprint density at radius 3 is 2.73 bits per heavy atom. The lowest BCUT2D eigenvalue weighted by Crippen LogP contribution is -2.36. The molecule has 1 amide bonds. The van der Waals surface area contributed by atoms with Crippen molar-refractivity contribution in [2.45, 2.75) is 13.0 Å². The van der Waals surface area contributed by atoms with Crippen LogP contribution in [0, 0.1) is 5.82 Å². The van der Waals surface area contributed by atoms with Gasteiger partial charge >= 0.3 is 0 Å². The average Bonchev–Trinajstić information content (AvgIpc) is 3.38. The van der Waals surface area contributed by atoms with Gasteiger partial charge in [0.15, 0.2) is 5.82 Å². The van der Waals surface area contributed by atoms with E-state index >= 15 is 0 Å². The Hall–Kier alpha value is -3.81. The van der Waals surface area contributed by atoms with E-state index in [1.54, 1.807) is 23.4 Å². The van der Waals surface area contributed by atoms with Crippen molar-refractivity contribution in [2.75, 3.05) is 6.54 Å². The van der Waals surface area contributed by atoms with Crippen LogP contribution >= 0.6 is 0 Å². The second-order valence-electron chi connectivity index (χ2n) is 7.24. The van der Waals surface area contributed by atoms with Crippen LogP contribution in [0.4, 0.5) is 4.39 Å². The van der Waals surface area contributed by atoms with E-state index in [-0.39, 0.29) is 5.91 Å². The van der Waals surface area contributed by atoms with E-state index in [1.165, 1.54) is 12.1 Å². The van der Waals surface area contributed by atoms with E-state index in [4.69, 9.17) is 5.10 Å². The van der Waals surface area contributed by atoms with Gasteiger partial charge in [-0.05, 0) is 30.3 Å². The summed E-state index contributed by atoms with van der Waals surface area (Å²) < 4.78 is 17.3. The zero-order valence-corrected chi connectivity index (χ0v) is 16.4. The molecule has 3 heterocycles. The van der Waals surface area contributed by atoms with E-state index < -0.39 is 5.82 Å².